The summed E-state index contributed by atoms with van der Waals surface area (Å²) in [6, 6.07) is 0. The molecule has 1 fully saturated rings. The summed E-state index contributed by atoms with van der Waals surface area (Å²) in [6.07, 6.45) is 7.12. The summed E-state index contributed by atoms with van der Waals surface area (Å²) in [5, 5.41) is 0. The predicted molar refractivity (Wildman–Crippen MR) is 117 cm³/mol. The van der Waals surface area contributed by atoms with Crippen molar-refractivity contribution in [2.45, 2.75) is 72.4 Å². The fourth-order valence-electron chi connectivity index (χ4n) is 4.85. The largest absolute Gasteiger partial charge is 0.332 e. The van der Waals surface area contributed by atoms with Crippen molar-refractivity contribution in [3.05, 3.63) is 26.7 Å². The van der Waals surface area contributed by atoms with Crippen LogP contribution in [-0.2, 0) is 27.2 Å². The third-order valence-electron chi connectivity index (χ3n) is 6.22. The highest BCUT2D eigenvalue weighted by Crippen LogP contribution is 2.23. The molecule has 1 aliphatic heterocycles. The molecule has 7 heteroatoms. The van der Waals surface area contributed by atoms with Gasteiger partial charge in [-0.1, -0.05) is 46.5 Å². The Balaban J connectivity index is 1.97. The minimum atomic E-state index is -0.318. The van der Waals surface area contributed by atoms with Crippen molar-refractivity contribution in [1.82, 2.24) is 23.6 Å². The molecule has 3 heterocycles. The van der Waals surface area contributed by atoms with Gasteiger partial charge in [0.2, 0.25) is 0 Å². The van der Waals surface area contributed by atoms with Gasteiger partial charge in [-0.05, 0) is 24.7 Å². The minimum Gasteiger partial charge on any atom is -0.321 e. The van der Waals surface area contributed by atoms with Gasteiger partial charge in [0.15, 0.2) is 11.2 Å². The minimum absolute atomic E-state index is 0.240. The summed E-state index contributed by atoms with van der Waals surface area (Å²) >= 11 is 0. The molecule has 1 saturated heterocycles. The average Bonchev–Trinajstić information content (AvgIpc) is 3.02. The standard InChI is InChI=1S/C22H37N5O2/c1-6-7-8-9-10-11-27-18(15-26-13-16(2)12-17(3)14-26)23-20-19(27)21(28)25(5)22(29)24(20)4/h16-17H,6-15H2,1-5H3/t16-,17+. The summed E-state index contributed by atoms with van der Waals surface area (Å²) in [5.74, 6) is 2.25. The highest BCUT2D eigenvalue weighted by Gasteiger charge is 2.25. The Kier molecular flexibility index (Phi) is 6.98. The van der Waals surface area contributed by atoms with E-state index in [0.717, 1.165) is 44.8 Å². The second kappa shape index (κ2) is 9.28. The number of aryl methyl sites for hydroxylation is 2. The normalized spacial score (nSPS) is 20.6. The fourth-order valence-corrected chi connectivity index (χ4v) is 4.85. The first kappa shape index (κ1) is 21.8. The maximum absolute atomic E-state index is 12.9. The lowest BCUT2D eigenvalue weighted by atomic mass is 9.92. The van der Waals surface area contributed by atoms with E-state index in [-0.39, 0.29) is 11.2 Å². The van der Waals surface area contributed by atoms with Crippen LogP contribution in [0.25, 0.3) is 11.2 Å². The molecule has 29 heavy (non-hydrogen) atoms. The number of imidazole rings is 1. The molecule has 0 amide bonds. The van der Waals surface area contributed by atoms with E-state index in [2.05, 4.69) is 30.2 Å². The zero-order valence-electron chi connectivity index (χ0n) is 18.8. The lowest BCUT2D eigenvalue weighted by molar-refractivity contribution is 0.130. The van der Waals surface area contributed by atoms with Crippen LogP contribution < -0.4 is 11.2 Å². The summed E-state index contributed by atoms with van der Waals surface area (Å²) in [4.78, 5) is 32.6. The van der Waals surface area contributed by atoms with Crippen LogP contribution in [0.15, 0.2) is 9.59 Å². The van der Waals surface area contributed by atoms with Crippen LogP contribution in [0.2, 0.25) is 0 Å². The molecule has 0 radical (unpaired) electrons. The fraction of sp³-hybridized carbons (Fsp3) is 0.773. The van der Waals surface area contributed by atoms with E-state index in [0.29, 0.717) is 23.0 Å². The quantitative estimate of drug-likeness (QED) is 0.636. The number of unbranched alkanes of at least 4 members (excludes halogenated alkanes) is 4. The maximum atomic E-state index is 12.9. The number of rotatable bonds is 8. The molecule has 0 bridgehead atoms. The highest BCUT2D eigenvalue weighted by atomic mass is 16.2. The van der Waals surface area contributed by atoms with Crippen LogP contribution in [0, 0.1) is 11.8 Å². The molecule has 2 aromatic rings. The van der Waals surface area contributed by atoms with Crippen molar-refractivity contribution in [1.29, 1.82) is 0 Å². The topological polar surface area (TPSA) is 65.1 Å². The molecule has 0 N–H and O–H groups in total. The van der Waals surface area contributed by atoms with Crippen molar-refractivity contribution in [2.24, 2.45) is 25.9 Å². The van der Waals surface area contributed by atoms with Gasteiger partial charge in [-0.25, -0.2) is 9.78 Å². The van der Waals surface area contributed by atoms with Gasteiger partial charge < -0.3 is 4.57 Å². The SMILES string of the molecule is CCCCCCCn1c(CN2C[C@H](C)C[C@H](C)C2)nc2c1c(=O)n(C)c(=O)n2C. The number of aromatic nitrogens is 4. The molecule has 7 nitrogen and oxygen atoms in total. The maximum Gasteiger partial charge on any atom is 0.332 e. The second-order valence-electron chi connectivity index (χ2n) is 9.11. The number of hydrogen-bond acceptors (Lipinski definition) is 4. The van der Waals surface area contributed by atoms with Crippen molar-refractivity contribution < 1.29 is 0 Å². The van der Waals surface area contributed by atoms with E-state index in [1.165, 1.54) is 34.8 Å². The summed E-state index contributed by atoms with van der Waals surface area (Å²) < 4.78 is 4.80. The zero-order valence-corrected chi connectivity index (χ0v) is 18.8. The van der Waals surface area contributed by atoms with Gasteiger partial charge in [0.1, 0.15) is 5.82 Å². The van der Waals surface area contributed by atoms with E-state index in [4.69, 9.17) is 4.98 Å². The van der Waals surface area contributed by atoms with E-state index in [9.17, 15) is 9.59 Å². The Morgan fingerprint density at radius 2 is 1.62 bits per heavy atom. The molecule has 0 unspecified atom stereocenters. The number of nitrogens with zero attached hydrogens (tertiary/aromatic N) is 5. The molecule has 162 valence electrons. The number of hydrogen-bond donors (Lipinski definition) is 0. The molecule has 2 atom stereocenters. The van der Waals surface area contributed by atoms with Gasteiger partial charge in [-0.15, -0.1) is 0 Å². The Labute approximate surface area is 173 Å². The third-order valence-corrected chi connectivity index (χ3v) is 6.22. The van der Waals surface area contributed by atoms with Crippen LogP contribution in [-0.4, -0.2) is 36.7 Å². The van der Waals surface area contributed by atoms with E-state index in [1.54, 1.807) is 14.1 Å². The molecular weight excluding hydrogens is 366 g/mol. The zero-order chi connectivity index (χ0) is 21.1. The highest BCUT2D eigenvalue weighted by molar-refractivity contribution is 5.71. The Morgan fingerprint density at radius 3 is 2.28 bits per heavy atom. The smallest absolute Gasteiger partial charge is 0.321 e. The van der Waals surface area contributed by atoms with Gasteiger partial charge in [-0.2, -0.15) is 0 Å². The summed E-state index contributed by atoms with van der Waals surface area (Å²) in [5.41, 5.74) is 0.524. The molecule has 1 aliphatic rings. The molecule has 2 aromatic heterocycles. The molecule has 0 saturated carbocycles. The lowest BCUT2D eigenvalue weighted by Crippen LogP contribution is -2.39. The summed E-state index contributed by atoms with van der Waals surface area (Å²) in [7, 11) is 3.26. The Hall–Kier alpha value is -1.89. The first-order chi connectivity index (χ1) is 13.8. The van der Waals surface area contributed by atoms with Gasteiger partial charge in [-0.3, -0.25) is 18.8 Å². The van der Waals surface area contributed by atoms with Crippen molar-refractivity contribution in [3.8, 4) is 0 Å². The van der Waals surface area contributed by atoms with Gasteiger partial charge >= 0.3 is 5.69 Å². The molecule has 3 rings (SSSR count). The monoisotopic (exact) mass is 403 g/mol. The third kappa shape index (κ3) is 4.65. The second-order valence-corrected chi connectivity index (χ2v) is 9.11. The summed E-state index contributed by atoms with van der Waals surface area (Å²) in [6.45, 7) is 10.4. The van der Waals surface area contributed by atoms with E-state index in [1.807, 2.05) is 0 Å². The number of likely N-dealkylation sites (tertiary alicyclic amines) is 1. The van der Waals surface area contributed by atoms with E-state index < -0.39 is 0 Å². The first-order valence-corrected chi connectivity index (χ1v) is 11.2. The van der Waals surface area contributed by atoms with Crippen LogP contribution in [0.5, 0.6) is 0 Å². The Morgan fingerprint density at radius 1 is 0.966 bits per heavy atom. The van der Waals surface area contributed by atoms with Crippen LogP contribution in [0.4, 0.5) is 0 Å². The van der Waals surface area contributed by atoms with Gasteiger partial charge in [0.25, 0.3) is 5.56 Å². The lowest BCUT2D eigenvalue weighted by Gasteiger charge is -2.34. The average molecular weight is 404 g/mol. The van der Waals surface area contributed by atoms with Gasteiger partial charge in [0, 0.05) is 33.7 Å². The molecule has 0 aromatic carbocycles. The molecule has 0 spiro atoms. The number of piperidine rings is 1. The van der Waals surface area contributed by atoms with Crippen molar-refractivity contribution >= 4 is 11.2 Å². The van der Waals surface area contributed by atoms with Crippen molar-refractivity contribution in [3.63, 3.8) is 0 Å². The first-order valence-electron chi connectivity index (χ1n) is 11.2. The van der Waals surface area contributed by atoms with Crippen LogP contribution in [0.1, 0.15) is 65.1 Å². The molecule has 0 aliphatic carbocycles. The van der Waals surface area contributed by atoms with Crippen LogP contribution in [0.3, 0.4) is 0 Å². The molecular formula is C22H37N5O2. The predicted octanol–water partition coefficient (Wildman–Crippen LogP) is 2.88. The Bertz CT molecular complexity index is 945. The van der Waals surface area contributed by atoms with E-state index >= 15 is 0 Å². The van der Waals surface area contributed by atoms with Crippen molar-refractivity contribution in [2.75, 3.05) is 13.1 Å². The van der Waals surface area contributed by atoms with Gasteiger partial charge in [0.05, 0.1) is 6.54 Å². The van der Waals surface area contributed by atoms with Crippen LogP contribution >= 0.6 is 0 Å². The number of fused-ring (bicyclic) bond motifs is 1.